The molecule has 0 atom stereocenters. The molecule has 1 heterocycles. The van der Waals surface area contributed by atoms with Crippen molar-refractivity contribution in [1.82, 2.24) is 15.1 Å². The summed E-state index contributed by atoms with van der Waals surface area (Å²) in [6.45, 7) is 3.58. The zero-order valence-electron chi connectivity index (χ0n) is 13.7. The first-order valence-corrected chi connectivity index (χ1v) is 7.69. The molecular formula is C16H24N4O3. The number of aromatic hydroxyl groups is 1. The Kier molecular flexibility index (Phi) is 5.81. The number of benzene rings is 1. The van der Waals surface area contributed by atoms with Crippen LogP contribution >= 0.6 is 0 Å². The zero-order chi connectivity index (χ0) is 16.8. The van der Waals surface area contributed by atoms with Crippen LogP contribution in [0.4, 0.5) is 5.69 Å². The molecular weight excluding hydrogens is 296 g/mol. The molecule has 126 valence electrons. The van der Waals surface area contributed by atoms with E-state index < -0.39 is 0 Å². The van der Waals surface area contributed by atoms with Gasteiger partial charge in [0.05, 0.1) is 13.1 Å². The van der Waals surface area contributed by atoms with Crippen molar-refractivity contribution in [2.24, 2.45) is 0 Å². The van der Waals surface area contributed by atoms with Crippen LogP contribution in [-0.2, 0) is 9.59 Å². The minimum atomic E-state index is -0.127. The Bertz CT molecular complexity index is 537. The van der Waals surface area contributed by atoms with Gasteiger partial charge in [0.15, 0.2) is 0 Å². The number of hydrogen-bond donors (Lipinski definition) is 2. The predicted molar refractivity (Wildman–Crippen MR) is 88.5 cm³/mol. The van der Waals surface area contributed by atoms with E-state index in [9.17, 15) is 14.7 Å². The molecule has 7 heteroatoms. The molecule has 0 radical (unpaired) electrons. The topological polar surface area (TPSA) is 76.1 Å². The fraction of sp³-hybridized carbons (Fsp3) is 0.500. The van der Waals surface area contributed by atoms with Crippen LogP contribution in [0, 0.1) is 0 Å². The van der Waals surface area contributed by atoms with Crippen LogP contribution in [0.25, 0.3) is 0 Å². The maximum Gasteiger partial charge on any atom is 0.241 e. The third-order valence-electron chi connectivity index (χ3n) is 3.89. The Morgan fingerprint density at radius 2 is 1.74 bits per heavy atom. The number of likely N-dealkylation sites (N-methyl/N-ethyl adjacent to an activating group) is 1. The minimum Gasteiger partial charge on any atom is -0.508 e. The van der Waals surface area contributed by atoms with Gasteiger partial charge in [-0.1, -0.05) is 0 Å². The Morgan fingerprint density at radius 1 is 1.13 bits per heavy atom. The summed E-state index contributed by atoms with van der Waals surface area (Å²) in [5.41, 5.74) is 1.07. The molecule has 2 N–H and O–H groups in total. The lowest BCUT2D eigenvalue weighted by molar-refractivity contribution is -0.131. The smallest absolute Gasteiger partial charge is 0.241 e. The fourth-order valence-corrected chi connectivity index (χ4v) is 2.42. The number of nitrogens with one attached hydrogen (secondary N) is 1. The van der Waals surface area contributed by atoms with Gasteiger partial charge in [0, 0.05) is 46.0 Å². The van der Waals surface area contributed by atoms with E-state index in [2.05, 4.69) is 15.1 Å². The quantitative estimate of drug-likeness (QED) is 0.780. The van der Waals surface area contributed by atoms with Gasteiger partial charge in [0.2, 0.25) is 11.8 Å². The summed E-state index contributed by atoms with van der Waals surface area (Å²) >= 11 is 0. The van der Waals surface area contributed by atoms with Gasteiger partial charge in [-0.2, -0.15) is 0 Å². The molecule has 7 nitrogen and oxygen atoms in total. The van der Waals surface area contributed by atoms with Crippen molar-refractivity contribution < 1.29 is 14.7 Å². The molecule has 0 unspecified atom stereocenters. The van der Waals surface area contributed by atoms with Crippen molar-refractivity contribution in [3.63, 3.8) is 0 Å². The highest BCUT2D eigenvalue weighted by molar-refractivity contribution is 5.85. The molecule has 0 aliphatic carbocycles. The number of rotatable bonds is 5. The van der Waals surface area contributed by atoms with E-state index in [0.29, 0.717) is 6.54 Å². The Morgan fingerprint density at radius 3 is 2.30 bits per heavy atom. The summed E-state index contributed by atoms with van der Waals surface area (Å²) in [7, 11) is 3.33. The van der Waals surface area contributed by atoms with E-state index in [1.54, 1.807) is 26.2 Å². The normalized spacial score (nSPS) is 15.3. The van der Waals surface area contributed by atoms with E-state index in [1.807, 2.05) is 12.1 Å². The molecule has 1 saturated heterocycles. The summed E-state index contributed by atoms with van der Waals surface area (Å²) in [6, 6.07) is 7.14. The first-order valence-electron chi connectivity index (χ1n) is 7.69. The second-order valence-corrected chi connectivity index (χ2v) is 5.84. The highest BCUT2D eigenvalue weighted by Crippen LogP contribution is 2.19. The maximum atomic E-state index is 11.9. The predicted octanol–water partition coefficient (Wildman–Crippen LogP) is -0.281. The molecule has 0 aromatic heterocycles. The van der Waals surface area contributed by atoms with Gasteiger partial charge < -0.3 is 20.2 Å². The van der Waals surface area contributed by atoms with Crippen molar-refractivity contribution in [2.45, 2.75) is 0 Å². The second-order valence-electron chi connectivity index (χ2n) is 5.84. The number of phenolic OH excluding ortho intramolecular Hbond substituents is 1. The van der Waals surface area contributed by atoms with E-state index in [4.69, 9.17) is 0 Å². The third-order valence-corrected chi connectivity index (χ3v) is 3.89. The summed E-state index contributed by atoms with van der Waals surface area (Å²) in [6.07, 6.45) is 0. The molecule has 1 fully saturated rings. The van der Waals surface area contributed by atoms with Crippen LogP contribution in [0.2, 0.25) is 0 Å². The van der Waals surface area contributed by atoms with Gasteiger partial charge in [-0.3, -0.25) is 14.5 Å². The van der Waals surface area contributed by atoms with E-state index in [-0.39, 0.29) is 24.1 Å². The highest BCUT2D eigenvalue weighted by atomic mass is 16.3. The number of piperazine rings is 1. The molecule has 0 spiro atoms. The number of carbonyl (C=O) groups excluding carboxylic acids is 2. The largest absolute Gasteiger partial charge is 0.508 e. The molecule has 0 saturated carbocycles. The average molecular weight is 320 g/mol. The summed E-state index contributed by atoms with van der Waals surface area (Å²) in [5.74, 6) is 0.0186. The minimum absolute atomic E-state index is 0.0410. The third kappa shape index (κ3) is 5.14. The van der Waals surface area contributed by atoms with Crippen LogP contribution in [0.5, 0.6) is 5.75 Å². The van der Waals surface area contributed by atoms with Crippen molar-refractivity contribution in [1.29, 1.82) is 0 Å². The Labute approximate surface area is 136 Å². The molecule has 1 aliphatic rings. The highest BCUT2D eigenvalue weighted by Gasteiger charge is 2.19. The van der Waals surface area contributed by atoms with E-state index in [0.717, 1.165) is 31.9 Å². The molecule has 1 aromatic carbocycles. The Hall–Kier alpha value is -2.28. The van der Waals surface area contributed by atoms with Gasteiger partial charge in [0.1, 0.15) is 5.75 Å². The number of nitrogens with zero attached hydrogens (tertiary/aromatic N) is 3. The molecule has 0 bridgehead atoms. The Balaban J connectivity index is 1.73. The zero-order valence-corrected chi connectivity index (χ0v) is 13.7. The number of phenols is 1. The molecule has 2 amide bonds. The number of amides is 2. The SMILES string of the molecule is CN(C)C(=O)CNC(=O)CN1CCN(c2ccc(O)cc2)CC1. The number of hydrogen-bond acceptors (Lipinski definition) is 5. The lowest BCUT2D eigenvalue weighted by Crippen LogP contribution is -2.50. The summed E-state index contributed by atoms with van der Waals surface area (Å²) in [4.78, 5) is 29.1. The van der Waals surface area contributed by atoms with Crippen molar-refractivity contribution >= 4 is 17.5 Å². The maximum absolute atomic E-state index is 11.9. The van der Waals surface area contributed by atoms with Gasteiger partial charge in [-0.25, -0.2) is 0 Å². The summed E-state index contributed by atoms with van der Waals surface area (Å²) in [5, 5.41) is 12.0. The van der Waals surface area contributed by atoms with Gasteiger partial charge >= 0.3 is 0 Å². The second kappa shape index (κ2) is 7.82. The molecule has 23 heavy (non-hydrogen) atoms. The van der Waals surface area contributed by atoms with E-state index in [1.165, 1.54) is 4.90 Å². The average Bonchev–Trinajstić information content (AvgIpc) is 2.54. The lowest BCUT2D eigenvalue weighted by atomic mass is 10.2. The van der Waals surface area contributed by atoms with Crippen LogP contribution < -0.4 is 10.2 Å². The van der Waals surface area contributed by atoms with Gasteiger partial charge in [0.25, 0.3) is 0 Å². The molecule has 1 aliphatic heterocycles. The number of carbonyl (C=O) groups is 2. The lowest BCUT2D eigenvalue weighted by Gasteiger charge is -2.35. The van der Waals surface area contributed by atoms with Crippen molar-refractivity contribution in [3.8, 4) is 5.75 Å². The monoisotopic (exact) mass is 320 g/mol. The van der Waals surface area contributed by atoms with Crippen LogP contribution in [0.3, 0.4) is 0 Å². The molecule has 1 aromatic rings. The standard InChI is InChI=1S/C16H24N4O3/c1-18(2)16(23)11-17-15(22)12-19-7-9-20(10-8-19)13-3-5-14(21)6-4-13/h3-6,21H,7-12H2,1-2H3,(H,17,22). The van der Waals surface area contributed by atoms with Crippen molar-refractivity contribution in [2.75, 3.05) is 58.3 Å². The van der Waals surface area contributed by atoms with Crippen LogP contribution in [0.1, 0.15) is 0 Å². The van der Waals surface area contributed by atoms with Gasteiger partial charge in [-0.15, -0.1) is 0 Å². The van der Waals surface area contributed by atoms with E-state index >= 15 is 0 Å². The van der Waals surface area contributed by atoms with Crippen LogP contribution in [-0.4, -0.2) is 80.1 Å². The first kappa shape index (κ1) is 17.1. The van der Waals surface area contributed by atoms with Crippen LogP contribution in [0.15, 0.2) is 24.3 Å². The van der Waals surface area contributed by atoms with Crippen molar-refractivity contribution in [3.05, 3.63) is 24.3 Å². The van der Waals surface area contributed by atoms with Gasteiger partial charge in [-0.05, 0) is 24.3 Å². The number of anilines is 1. The first-order chi connectivity index (χ1) is 11.0. The summed E-state index contributed by atoms with van der Waals surface area (Å²) < 4.78 is 0. The molecule has 2 rings (SSSR count). The fourth-order valence-electron chi connectivity index (χ4n) is 2.42.